The van der Waals surface area contributed by atoms with Gasteiger partial charge in [0, 0.05) is 6.08 Å². The van der Waals surface area contributed by atoms with Crippen LogP contribution in [0, 0.1) is 11.3 Å². The summed E-state index contributed by atoms with van der Waals surface area (Å²) in [5.41, 5.74) is 0.545. The minimum Gasteiger partial charge on any atom is -0.469 e. The van der Waals surface area contributed by atoms with Crippen molar-refractivity contribution in [3.8, 4) is 0 Å². The van der Waals surface area contributed by atoms with Crippen LogP contribution < -0.4 is 0 Å². The summed E-state index contributed by atoms with van der Waals surface area (Å²) < 4.78 is 10.2. The maximum absolute atomic E-state index is 11.9. The van der Waals surface area contributed by atoms with Gasteiger partial charge in [0.25, 0.3) is 0 Å². The molecular weight excluding hydrogens is 280 g/mol. The summed E-state index contributed by atoms with van der Waals surface area (Å²) in [5, 5.41) is 0. The van der Waals surface area contributed by atoms with E-state index in [1.165, 1.54) is 13.2 Å². The number of carbonyl (C=O) groups excluding carboxylic acids is 2. The predicted molar refractivity (Wildman–Crippen MR) is 86.0 cm³/mol. The van der Waals surface area contributed by atoms with E-state index in [-0.39, 0.29) is 11.4 Å². The Bertz CT molecular complexity index is 526. The van der Waals surface area contributed by atoms with Crippen molar-refractivity contribution in [2.45, 2.75) is 33.8 Å². The van der Waals surface area contributed by atoms with E-state index in [1.54, 1.807) is 13.0 Å². The van der Waals surface area contributed by atoms with Gasteiger partial charge in [-0.2, -0.15) is 0 Å². The molecule has 0 bridgehead atoms. The molecule has 0 aliphatic carbocycles. The Morgan fingerprint density at radius 1 is 1.14 bits per heavy atom. The van der Waals surface area contributed by atoms with E-state index in [9.17, 15) is 9.59 Å². The summed E-state index contributed by atoms with van der Waals surface area (Å²) in [7, 11) is 1.34. The highest BCUT2D eigenvalue weighted by Gasteiger charge is 2.38. The van der Waals surface area contributed by atoms with Gasteiger partial charge >= 0.3 is 11.9 Å². The number of hydrogen-bond donors (Lipinski definition) is 0. The van der Waals surface area contributed by atoms with Crippen LogP contribution in [0.4, 0.5) is 0 Å². The molecule has 2 atom stereocenters. The van der Waals surface area contributed by atoms with Crippen molar-refractivity contribution in [1.82, 2.24) is 0 Å². The summed E-state index contributed by atoms with van der Waals surface area (Å²) in [5.74, 6) is -1.37. The molecule has 0 fully saturated rings. The fourth-order valence-corrected chi connectivity index (χ4v) is 2.40. The van der Waals surface area contributed by atoms with E-state index in [0.717, 1.165) is 5.56 Å². The molecule has 0 heterocycles. The SMILES string of the molecule is COC(=O)C(C(C)OC(=O)C=Cc1ccccc1)C(C)(C)C. The summed E-state index contributed by atoms with van der Waals surface area (Å²) in [6, 6.07) is 9.46. The number of rotatable bonds is 5. The summed E-state index contributed by atoms with van der Waals surface area (Å²) >= 11 is 0. The Labute approximate surface area is 132 Å². The van der Waals surface area contributed by atoms with Crippen molar-refractivity contribution in [3.63, 3.8) is 0 Å². The van der Waals surface area contributed by atoms with Gasteiger partial charge in [0.05, 0.1) is 13.0 Å². The average Bonchev–Trinajstić information content (AvgIpc) is 2.44. The van der Waals surface area contributed by atoms with Crippen molar-refractivity contribution in [1.29, 1.82) is 0 Å². The van der Waals surface area contributed by atoms with Crippen molar-refractivity contribution in [3.05, 3.63) is 42.0 Å². The third-order valence-electron chi connectivity index (χ3n) is 3.37. The number of ether oxygens (including phenoxy) is 2. The third kappa shape index (κ3) is 5.35. The Balaban J connectivity index is 2.73. The maximum atomic E-state index is 11.9. The average molecular weight is 304 g/mol. The fraction of sp³-hybridized carbons (Fsp3) is 0.444. The highest BCUT2D eigenvalue weighted by Crippen LogP contribution is 2.31. The van der Waals surface area contributed by atoms with E-state index in [4.69, 9.17) is 9.47 Å². The number of methoxy groups -OCH3 is 1. The van der Waals surface area contributed by atoms with E-state index < -0.39 is 18.0 Å². The lowest BCUT2D eigenvalue weighted by Gasteiger charge is -2.32. The molecule has 1 rings (SSSR count). The molecule has 0 amide bonds. The second kappa shape index (κ2) is 7.78. The lowest BCUT2D eigenvalue weighted by molar-refractivity contribution is -0.161. The fourth-order valence-electron chi connectivity index (χ4n) is 2.40. The van der Waals surface area contributed by atoms with E-state index in [0.29, 0.717) is 0 Å². The largest absolute Gasteiger partial charge is 0.469 e. The van der Waals surface area contributed by atoms with Crippen LogP contribution in [0.25, 0.3) is 6.08 Å². The molecule has 4 nitrogen and oxygen atoms in total. The van der Waals surface area contributed by atoms with Gasteiger partial charge in [0.15, 0.2) is 0 Å². The van der Waals surface area contributed by atoms with Crippen LogP contribution in [0.1, 0.15) is 33.3 Å². The summed E-state index contributed by atoms with van der Waals surface area (Å²) in [6.45, 7) is 7.46. The van der Waals surface area contributed by atoms with Gasteiger partial charge in [-0.3, -0.25) is 4.79 Å². The Hall–Kier alpha value is -2.10. The molecule has 0 aromatic heterocycles. The molecule has 0 radical (unpaired) electrons. The first-order chi connectivity index (χ1) is 10.3. The van der Waals surface area contributed by atoms with Gasteiger partial charge in [0.2, 0.25) is 0 Å². The van der Waals surface area contributed by atoms with Gasteiger partial charge in [-0.25, -0.2) is 4.79 Å². The Morgan fingerprint density at radius 3 is 2.23 bits per heavy atom. The van der Waals surface area contributed by atoms with Gasteiger partial charge in [-0.1, -0.05) is 51.1 Å². The zero-order valence-corrected chi connectivity index (χ0v) is 13.8. The van der Waals surface area contributed by atoms with Crippen LogP contribution in [-0.4, -0.2) is 25.2 Å². The third-order valence-corrected chi connectivity index (χ3v) is 3.37. The molecule has 0 aliphatic rings. The quantitative estimate of drug-likeness (QED) is 0.617. The van der Waals surface area contributed by atoms with Gasteiger partial charge in [-0.15, -0.1) is 0 Å². The van der Waals surface area contributed by atoms with Crippen LogP contribution in [-0.2, 0) is 19.1 Å². The second-order valence-electron chi connectivity index (χ2n) is 6.25. The van der Waals surface area contributed by atoms with Crippen LogP contribution in [0.15, 0.2) is 36.4 Å². The topological polar surface area (TPSA) is 52.6 Å². The monoisotopic (exact) mass is 304 g/mol. The first-order valence-electron chi connectivity index (χ1n) is 7.27. The van der Waals surface area contributed by atoms with E-state index in [1.807, 2.05) is 51.1 Å². The molecule has 0 spiro atoms. The first-order valence-corrected chi connectivity index (χ1v) is 7.27. The van der Waals surface area contributed by atoms with Crippen molar-refractivity contribution >= 4 is 18.0 Å². The Morgan fingerprint density at radius 2 is 1.73 bits per heavy atom. The standard InChI is InChI=1S/C18H24O4/c1-13(16(17(20)21-5)18(2,3)4)22-15(19)12-11-14-9-7-6-8-10-14/h6-13,16H,1-5H3. The second-order valence-corrected chi connectivity index (χ2v) is 6.25. The number of hydrogen-bond acceptors (Lipinski definition) is 4. The van der Waals surface area contributed by atoms with E-state index >= 15 is 0 Å². The van der Waals surface area contributed by atoms with Crippen molar-refractivity contribution in [2.24, 2.45) is 11.3 Å². The number of carbonyl (C=O) groups is 2. The summed E-state index contributed by atoms with van der Waals surface area (Å²) in [4.78, 5) is 23.8. The van der Waals surface area contributed by atoms with Crippen molar-refractivity contribution in [2.75, 3.05) is 7.11 Å². The molecule has 0 saturated heterocycles. The predicted octanol–water partition coefficient (Wildman–Crippen LogP) is 3.47. The first kappa shape index (κ1) is 18.0. The molecule has 0 saturated carbocycles. The normalized spacial score (nSPS) is 14.4. The van der Waals surface area contributed by atoms with Gasteiger partial charge in [-0.05, 0) is 24.0 Å². The highest BCUT2D eigenvalue weighted by molar-refractivity contribution is 5.87. The zero-order valence-electron chi connectivity index (χ0n) is 13.8. The molecule has 22 heavy (non-hydrogen) atoms. The smallest absolute Gasteiger partial charge is 0.331 e. The minimum atomic E-state index is -0.569. The molecule has 0 N–H and O–H groups in total. The minimum absolute atomic E-state index is 0.365. The number of esters is 2. The molecule has 4 heteroatoms. The van der Waals surface area contributed by atoms with Crippen LogP contribution in [0.2, 0.25) is 0 Å². The molecule has 1 aromatic rings. The van der Waals surface area contributed by atoms with Gasteiger partial charge in [0.1, 0.15) is 6.10 Å². The van der Waals surface area contributed by atoms with Crippen LogP contribution >= 0.6 is 0 Å². The molecule has 1 aromatic carbocycles. The lowest BCUT2D eigenvalue weighted by atomic mass is 9.77. The van der Waals surface area contributed by atoms with Crippen LogP contribution in [0.3, 0.4) is 0 Å². The molecule has 2 unspecified atom stereocenters. The van der Waals surface area contributed by atoms with Gasteiger partial charge < -0.3 is 9.47 Å². The van der Waals surface area contributed by atoms with E-state index in [2.05, 4.69) is 0 Å². The molecule has 120 valence electrons. The Kier molecular flexibility index (Phi) is 6.35. The van der Waals surface area contributed by atoms with Crippen LogP contribution in [0.5, 0.6) is 0 Å². The zero-order chi connectivity index (χ0) is 16.8. The number of benzene rings is 1. The lowest BCUT2D eigenvalue weighted by Crippen LogP contribution is -2.40. The van der Waals surface area contributed by atoms with Crippen molar-refractivity contribution < 1.29 is 19.1 Å². The molecule has 0 aliphatic heterocycles. The molecular formula is C18H24O4. The highest BCUT2D eigenvalue weighted by atomic mass is 16.6. The summed E-state index contributed by atoms with van der Waals surface area (Å²) in [6.07, 6.45) is 2.47. The maximum Gasteiger partial charge on any atom is 0.331 e.